The number of rotatable bonds is 5. The Morgan fingerprint density at radius 3 is 2.65 bits per heavy atom. The first-order chi connectivity index (χ1) is 12.1. The van der Waals surface area contributed by atoms with E-state index in [0.29, 0.717) is 5.41 Å². The second-order valence-corrected chi connectivity index (χ2v) is 7.61. The van der Waals surface area contributed by atoms with Crippen LogP contribution >= 0.6 is 24.0 Å². The number of likely N-dealkylation sites (tertiary alicyclic amines) is 1. The van der Waals surface area contributed by atoms with Crippen molar-refractivity contribution in [1.29, 1.82) is 0 Å². The van der Waals surface area contributed by atoms with Crippen LogP contribution in [0.15, 0.2) is 29.3 Å². The van der Waals surface area contributed by atoms with Gasteiger partial charge in [0, 0.05) is 58.5 Å². The minimum absolute atomic E-state index is 0. The van der Waals surface area contributed by atoms with Gasteiger partial charge in [-0.2, -0.15) is 0 Å². The Hall–Kier alpha value is -1.02. The summed E-state index contributed by atoms with van der Waals surface area (Å²) in [5, 5.41) is 3.54. The van der Waals surface area contributed by atoms with Crippen LogP contribution in [0.4, 0.5) is 5.69 Å². The van der Waals surface area contributed by atoms with Crippen LogP contribution in [-0.2, 0) is 11.2 Å². The van der Waals surface area contributed by atoms with Crippen LogP contribution in [-0.4, -0.2) is 64.9 Å². The minimum Gasteiger partial charge on any atom is -0.381 e. The maximum absolute atomic E-state index is 5.62. The highest BCUT2D eigenvalue weighted by Crippen LogP contribution is 2.38. The van der Waals surface area contributed by atoms with E-state index in [9.17, 15) is 0 Å². The number of guanidine groups is 1. The third-order valence-electron chi connectivity index (χ3n) is 5.51. The quantitative estimate of drug-likeness (QED) is 0.310. The van der Waals surface area contributed by atoms with E-state index in [1.54, 1.807) is 0 Å². The first-order valence-electron chi connectivity index (χ1n) is 9.41. The zero-order chi connectivity index (χ0) is 17.7. The van der Waals surface area contributed by atoms with Crippen LogP contribution in [0.1, 0.15) is 24.8 Å². The molecule has 0 aromatic heterocycles. The van der Waals surface area contributed by atoms with Gasteiger partial charge in [0.15, 0.2) is 5.96 Å². The SMILES string of the molecule is CN=C(NCCCc1ccc(N(C)C)cc1)N1CCC2(CCOC2)C1.I. The van der Waals surface area contributed by atoms with Gasteiger partial charge in [-0.3, -0.25) is 4.99 Å². The van der Waals surface area contributed by atoms with Gasteiger partial charge in [-0.05, 0) is 43.4 Å². The fraction of sp³-hybridized carbons (Fsp3) is 0.650. The molecule has 5 nitrogen and oxygen atoms in total. The Balaban J connectivity index is 0.00000243. The van der Waals surface area contributed by atoms with E-state index in [-0.39, 0.29) is 24.0 Å². The lowest BCUT2D eigenvalue weighted by atomic mass is 9.87. The summed E-state index contributed by atoms with van der Waals surface area (Å²) in [6, 6.07) is 8.84. The monoisotopic (exact) mass is 472 g/mol. The Morgan fingerprint density at radius 2 is 2.04 bits per heavy atom. The molecule has 2 fully saturated rings. The van der Waals surface area contributed by atoms with E-state index < -0.39 is 0 Å². The summed E-state index contributed by atoms with van der Waals surface area (Å²) in [4.78, 5) is 9.02. The Morgan fingerprint density at radius 1 is 1.27 bits per heavy atom. The van der Waals surface area contributed by atoms with Crippen molar-refractivity contribution in [3.63, 3.8) is 0 Å². The highest BCUT2D eigenvalue weighted by molar-refractivity contribution is 14.0. The molecular weight excluding hydrogens is 439 g/mol. The van der Waals surface area contributed by atoms with Crippen LogP contribution in [0.3, 0.4) is 0 Å². The van der Waals surface area contributed by atoms with Crippen molar-refractivity contribution in [2.75, 3.05) is 58.9 Å². The summed E-state index contributed by atoms with van der Waals surface area (Å²) >= 11 is 0. The van der Waals surface area contributed by atoms with Crippen molar-refractivity contribution in [3.05, 3.63) is 29.8 Å². The van der Waals surface area contributed by atoms with Crippen molar-refractivity contribution < 1.29 is 4.74 Å². The van der Waals surface area contributed by atoms with Crippen LogP contribution in [0.25, 0.3) is 0 Å². The van der Waals surface area contributed by atoms with Crippen LogP contribution < -0.4 is 10.2 Å². The lowest BCUT2D eigenvalue weighted by Crippen LogP contribution is -2.41. The topological polar surface area (TPSA) is 40.1 Å². The first kappa shape index (κ1) is 21.3. The third-order valence-corrected chi connectivity index (χ3v) is 5.51. The molecule has 0 bridgehead atoms. The number of hydrogen-bond acceptors (Lipinski definition) is 3. The zero-order valence-electron chi connectivity index (χ0n) is 16.3. The lowest BCUT2D eigenvalue weighted by molar-refractivity contribution is 0.156. The molecule has 26 heavy (non-hydrogen) atoms. The van der Waals surface area contributed by atoms with Crippen LogP contribution in [0.5, 0.6) is 0 Å². The number of nitrogens with one attached hydrogen (secondary N) is 1. The Kier molecular flexibility index (Phi) is 8.01. The second-order valence-electron chi connectivity index (χ2n) is 7.61. The van der Waals surface area contributed by atoms with Gasteiger partial charge < -0.3 is 19.9 Å². The maximum Gasteiger partial charge on any atom is 0.193 e. The van der Waals surface area contributed by atoms with E-state index in [0.717, 1.165) is 51.6 Å². The number of nitrogens with zero attached hydrogens (tertiary/aromatic N) is 3. The number of aliphatic imine (C=N–C) groups is 1. The lowest BCUT2D eigenvalue weighted by Gasteiger charge is -2.25. The number of ether oxygens (including phenoxy) is 1. The van der Waals surface area contributed by atoms with Crippen molar-refractivity contribution >= 4 is 35.6 Å². The molecule has 2 heterocycles. The zero-order valence-corrected chi connectivity index (χ0v) is 18.7. The molecule has 1 aromatic carbocycles. The fourth-order valence-corrected chi connectivity index (χ4v) is 3.87. The minimum atomic E-state index is 0. The Labute approximate surface area is 175 Å². The van der Waals surface area contributed by atoms with Crippen LogP contribution in [0.2, 0.25) is 0 Å². The molecule has 0 saturated carbocycles. The van der Waals surface area contributed by atoms with Crippen molar-refractivity contribution in [1.82, 2.24) is 10.2 Å². The molecule has 146 valence electrons. The predicted octanol–water partition coefficient (Wildman–Crippen LogP) is 2.99. The number of halogens is 1. The van der Waals surface area contributed by atoms with Crippen molar-refractivity contribution in [2.24, 2.45) is 10.4 Å². The summed E-state index contributed by atoms with van der Waals surface area (Å²) in [6.07, 6.45) is 4.63. The highest BCUT2D eigenvalue weighted by atomic mass is 127. The van der Waals surface area contributed by atoms with E-state index in [1.807, 2.05) is 7.05 Å². The highest BCUT2D eigenvalue weighted by Gasteiger charge is 2.42. The van der Waals surface area contributed by atoms with E-state index >= 15 is 0 Å². The summed E-state index contributed by atoms with van der Waals surface area (Å²) in [6.45, 7) is 4.98. The summed E-state index contributed by atoms with van der Waals surface area (Å²) in [5.74, 6) is 1.05. The normalized spacial score (nSPS) is 22.6. The summed E-state index contributed by atoms with van der Waals surface area (Å²) in [5.41, 5.74) is 3.03. The van der Waals surface area contributed by atoms with Gasteiger partial charge in [0.2, 0.25) is 0 Å². The molecule has 2 aliphatic rings. The molecule has 6 heteroatoms. The number of anilines is 1. The van der Waals surface area contributed by atoms with Gasteiger partial charge in [-0.25, -0.2) is 0 Å². The maximum atomic E-state index is 5.62. The summed E-state index contributed by atoms with van der Waals surface area (Å²) < 4.78 is 5.62. The van der Waals surface area contributed by atoms with E-state index in [1.165, 1.54) is 24.1 Å². The fourth-order valence-electron chi connectivity index (χ4n) is 3.87. The Bertz CT molecular complexity index is 582. The molecule has 0 amide bonds. The second kappa shape index (κ2) is 9.78. The molecule has 2 saturated heterocycles. The van der Waals surface area contributed by atoms with E-state index in [2.05, 4.69) is 58.5 Å². The molecule has 1 N–H and O–H groups in total. The molecular formula is C20H33IN4O. The molecule has 3 rings (SSSR count). The molecule has 1 spiro atoms. The molecule has 1 unspecified atom stereocenters. The predicted molar refractivity (Wildman–Crippen MR) is 120 cm³/mol. The first-order valence-corrected chi connectivity index (χ1v) is 9.41. The van der Waals surface area contributed by atoms with Crippen molar-refractivity contribution in [3.8, 4) is 0 Å². The average molecular weight is 472 g/mol. The summed E-state index contributed by atoms with van der Waals surface area (Å²) in [7, 11) is 6.04. The van der Waals surface area contributed by atoms with Gasteiger partial charge in [0.1, 0.15) is 0 Å². The average Bonchev–Trinajstić information content (AvgIpc) is 3.25. The van der Waals surface area contributed by atoms with Gasteiger partial charge in [-0.15, -0.1) is 24.0 Å². The van der Waals surface area contributed by atoms with Crippen molar-refractivity contribution in [2.45, 2.75) is 25.7 Å². The third kappa shape index (κ3) is 5.25. The molecule has 1 atom stereocenters. The number of benzene rings is 1. The van der Waals surface area contributed by atoms with Gasteiger partial charge in [0.05, 0.1) is 6.61 Å². The smallest absolute Gasteiger partial charge is 0.193 e. The standard InChI is InChI=1S/C20H32N4O.HI/c1-21-19(24-13-10-20(15-24)11-14-25-16-20)22-12-4-5-17-6-8-18(9-7-17)23(2)3;/h6-9H,4-5,10-16H2,1-3H3,(H,21,22);1H. The van der Waals surface area contributed by atoms with E-state index in [4.69, 9.17) is 4.74 Å². The van der Waals surface area contributed by atoms with Crippen LogP contribution in [0, 0.1) is 5.41 Å². The molecule has 0 aliphatic carbocycles. The van der Waals surface area contributed by atoms with Gasteiger partial charge in [-0.1, -0.05) is 12.1 Å². The molecule has 2 aliphatic heterocycles. The van der Waals surface area contributed by atoms with Gasteiger partial charge >= 0.3 is 0 Å². The largest absolute Gasteiger partial charge is 0.381 e. The molecule has 1 aromatic rings. The number of hydrogen-bond donors (Lipinski definition) is 1. The van der Waals surface area contributed by atoms with Gasteiger partial charge in [0.25, 0.3) is 0 Å². The molecule has 0 radical (unpaired) electrons. The number of aryl methyl sites for hydroxylation is 1.